The van der Waals surface area contributed by atoms with Crippen LogP contribution in [0, 0.1) is 0 Å². The van der Waals surface area contributed by atoms with E-state index in [1.54, 1.807) is 0 Å². The molecule has 160 valence electrons. The van der Waals surface area contributed by atoms with Crippen molar-refractivity contribution in [2.24, 2.45) is 0 Å². The quantitative estimate of drug-likeness (QED) is 0.197. The first-order valence-electron chi connectivity index (χ1n) is 12.5. The minimum Gasteiger partial charge on any atom is -0.359 e. The molecular weight excluding hydrogens is 328 g/mol. The van der Waals surface area contributed by atoms with Crippen molar-refractivity contribution in [3.63, 3.8) is 0 Å². The average molecular weight is 379 g/mol. The minimum atomic E-state index is 1.11. The molecule has 27 heavy (non-hydrogen) atoms. The number of hydrogen-bond donors (Lipinski definition) is 0. The van der Waals surface area contributed by atoms with Crippen LogP contribution in [0.4, 0.5) is 0 Å². The van der Waals surface area contributed by atoms with Crippen LogP contribution in [0.3, 0.4) is 0 Å². The smallest absolute Gasteiger partial charge is 0.0893 e. The van der Waals surface area contributed by atoms with E-state index in [0.29, 0.717) is 0 Å². The Hall–Kier alpha value is -0.660. The van der Waals surface area contributed by atoms with Gasteiger partial charge in [0, 0.05) is 25.5 Å². The van der Waals surface area contributed by atoms with Gasteiger partial charge in [0.2, 0.25) is 0 Å². The van der Waals surface area contributed by atoms with Gasteiger partial charge in [-0.25, -0.2) is 0 Å². The Morgan fingerprint density at radius 3 is 1.22 bits per heavy atom. The van der Waals surface area contributed by atoms with E-state index in [-0.39, 0.29) is 0 Å². The Balaban J connectivity index is 1.67. The summed E-state index contributed by atoms with van der Waals surface area (Å²) in [5.74, 6) is 0. The minimum absolute atomic E-state index is 1.11. The van der Waals surface area contributed by atoms with Gasteiger partial charge in [-0.15, -0.1) is 0 Å². The third kappa shape index (κ3) is 15.0. The highest BCUT2D eigenvalue weighted by Crippen LogP contribution is 2.14. The third-order valence-corrected chi connectivity index (χ3v) is 6.06. The van der Waals surface area contributed by atoms with Crippen molar-refractivity contribution in [2.75, 3.05) is 19.8 Å². The van der Waals surface area contributed by atoms with E-state index >= 15 is 0 Å². The van der Waals surface area contributed by atoms with Gasteiger partial charge in [0.15, 0.2) is 0 Å². The highest BCUT2D eigenvalue weighted by molar-refractivity contribution is 4.89. The van der Waals surface area contributed by atoms with E-state index in [4.69, 9.17) is 0 Å². The summed E-state index contributed by atoms with van der Waals surface area (Å²) in [5, 5.41) is 0. The van der Waals surface area contributed by atoms with Gasteiger partial charge >= 0.3 is 0 Å². The first-order chi connectivity index (χ1) is 13.4. The number of hydrogen-bond acceptors (Lipinski definition) is 2. The standard InChI is InChI=1S/C25H50N2/c1-3-5-6-7-8-9-10-11-12-13-14-15-16-17-18-19-20-21-22-27-24-23-26(4-2)25-27/h23-24H,3-22,25H2,1-2H3. The highest BCUT2D eigenvalue weighted by atomic mass is 15.3. The Morgan fingerprint density at radius 1 is 0.481 bits per heavy atom. The van der Waals surface area contributed by atoms with Gasteiger partial charge in [-0.1, -0.05) is 116 Å². The van der Waals surface area contributed by atoms with E-state index in [0.717, 1.165) is 13.2 Å². The van der Waals surface area contributed by atoms with Crippen molar-refractivity contribution in [3.8, 4) is 0 Å². The van der Waals surface area contributed by atoms with Gasteiger partial charge in [-0.3, -0.25) is 0 Å². The van der Waals surface area contributed by atoms with Gasteiger partial charge < -0.3 is 9.80 Å². The monoisotopic (exact) mass is 378 g/mol. The molecule has 1 rings (SSSR count). The Kier molecular flexibility index (Phi) is 16.9. The summed E-state index contributed by atoms with van der Waals surface area (Å²) in [6, 6.07) is 0. The molecule has 1 aliphatic rings. The van der Waals surface area contributed by atoms with Crippen LogP contribution >= 0.6 is 0 Å². The molecule has 0 aromatic heterocycles. The summed E-state index contributed by atoms with van der Waals surface area (Å²) in [4.78, 5) is 4.82. The summed E-state index contributed by atoms with van der Waals surface area (Å²) in [6.07, 6.45) is 30.7. The lowest BCUT2D eigenvalue weighted by Gasteiger charge is -2.19. The van der Waals surface area contributed by atoms with Crippen LogP contribution < -0.4 is 0 Å². The molecule has 0 bridgehead atoms. The largest absolute Gasteiger partial charge is 0.359 e. The maximum atomic E-state index is 2.45. The zero-order chi connectivity index (χ0) is 19.4. The van der Waals surface area contributed by atoms with Crippen molar-refractivity contribution in [2.45, 2.75) is 129 Å². The molecule has 2 heteroatoms. The zero-order valence-electron chi connectivity index (χ0n) is 18.9. The summed E-state index contributed by atoms with van der Waals surface area (Å²) >= 11 is 0. The second-order valence-corrected chi connectivity index (χ2v) is 8.67. The Bertz CT molecular complexity index is 326. The molecule has 0 saturated heterocycles. The zero-order valence-corrected chi connectivity index (χ0v) is 18.9. The summed E-state index contributed by atoms with van der Waals surface area (Å²) < 4.78 is 0. The Labute approximate surface area is 171 Å². The molecular formula is C25H50N2. The van der Waals surface area contributed by atoms with Crippen LogP contribution in [0.15, 0.2) is 12.4 Å². The number of nitrogens with zero attached hydrogens (tertiary/aromatic N) is 2. The van der Waals surface area contributed by atoms with Crippen LogP contribution in [0.2, 0.25) is 0 Å². The van der Waals surface area contributed by atoms with E-state index in [1.807, 2.05) is 0 Å². The molecule has 2 nitrogen and oxygen atoms in total. The van der Waals surface area contributed by atoms with Gasteiger partial charge in [0.1, 0.15) is 0 Å². The second-order valence-electron chi connectivity index (χ2n) is 8.67. The summed E-state index contributed by atoms with van der Waals surface area (Å²) in [5.41, 5.74) is 0. The van der Waals surface area contributed by atoms with Crippen LogP contribution in [-0.4, -0.2) is 29.6 Å². The SMILES string of the molecule is CCCCCCCCCCCCCCCCCCCCN1C=CN(CC)C1. The third-order valence-electron chi connectivity index (χ3n) is 6.06. The molecule has 0 atom stereocenters. The maximum Gasteiger partial charge on any atom is 0.0893 e. The van der Waals surface area contributed by atoms with Gasteiger partial charge in [0.05, 0.1) is 6.67 Å². The molecule has 0 saturated carbocycles. The van der Waals surface area contributed by atoms with E-state index in [1.165, 1.54) is 122 Å². The van der Waals surface area contributed by atoms with Crippen LogP contribution in [0.5, 0.6) is 0 Å². The predicted octanol–water partition coefficient (Wildman–Crippen LogP) is 8.09. The summed E-state index contributed by atoms with van der Waals surface area (Å²) in [7, 11) is 0. The average Bonchev–Trinajstić information content (AvgIpc) is 3.15. The second kappa shape index (κ2) is 18.7. The van der Waals surface area contributed by atoms with Crippen molar-refractivity contribution in [3.05, 3.63) is 12.4 Å². The number of rotatable bonds is 20. The topological polar surface area (TPSA) is 6.48 Å². The fourth-order valence-electron chi connectivity index (χ4n) is 4.08. The van der Waals surface area contributed by atoms with Crippen LogP contribution in [-0.2, 0) is 0 Å². The molecule has 0 N–H and O–H groups in total. The van der Waals surface area contributed by atoms with Crippen molar-refractivity contribution in [1.82, 2.24) is 9.80 Å². The Morgan fingerprint density at radius 2 is 0.852 bits per heavy atom. The highest BCUT2D eigenvalue weighted by Gasteiger charge is 2.08. The molecule has 0 unspecified atom stereocenters. The van der Waals surface area contributed by atoms with Crippen molar-refractivity contribution >= 4 is 0 Å². The lowest BCUT2D eigenvalue weighted by molar-refractivity contribution is 0.268. The van der Waals surface area contributed by atoms with Crippen LogP contribution in [0.25, 0.3) is 0 Å². The van der Waals surface area contributed by atoms with E-state index in [2.05, 4.69) is 36.0 Å². The molecule has 0 radical (unpaired) electrons. The van der Waals surface area contributed by atoms with Crippen molar-refractivity contribution in [1.29, 1.82) is 0 Å². The summed E-state index contributed by atoms with van der Waals surface area (Å²) in [6.45, 7) is 8.01. The van der Waals surface area contributed by atoms with Gasteiger partial charge in [0.25, 0.3) is 0 Å². The van der Waals surface area contributed by atoms with E-state index < -0.39 is 0 Å². The predicted molar refractivity (Wildman–Crippen MR) is 122 cm³/mol. The lowest BCUT2D eigenvalue weighted by atomic mass is 10.0. The normalized spacial score (nSPS) is 13.9. The maximum absolute atomic E-state index is 2.45. The first kappa shape index (κ1) is 24.4. The molecule has 0 aliphatic carbocycles. The fraction of sp³-hybridized carbons (Fsp3) is 0.920. The number of unbranched alkanes of at least 4 members (excludes halogenated alkanes) is 17. The van der Waals surface area contributed by atoms with Gasteiger partial charge in [-0.2, -0.15) is 0 Å². The first-order valence-corrected chi connectivity index (χ1v) is 12.5. The van der Waals surface area contributed by atoms with Crippen LogP contribution in [0.1, 0.15) is 129 Å². The van der Waals surface area contributed by atoms with Gasteiger partial charge in [-0.05, 0) is 13.3 Å². The molecule has 0 aromatic carbocycles. The fourth-order valence-corrected chi connectivity index (χ4v) is 4.08. The molecule has 0 aromatic rings. The lowest BCUT2D eigenvalue weighted by Crippen LogP contribution is -2.25. The molecule has 0 fully saturated rings. The molecule has 0 amide bonds. The molecule has 0 spiro atoms. The molecule has 1 heterocycles. The van der Waals surface area contributed by atoms with E-state index in [9.17, 15) is 0 Å². The van der Waals surface area contributed by atoms with Crippen molar-refractivity contribution < 1.29 is 0 Å². The molecule has 1 aliphatic heterocycles.